The van der Waals surface area contributed by atoms with E-state index in [1.807, 2.05) is 0 Å². The fourth-order valence-corrected chi connectivity index (χ4v) is 1.81. The fraction of sp³-hybridized carbons (Fsp3) is 0.200. The molecule has 2 aromatic rings. The van der Waals surface area contributed by atoms with Gasteiger partial charge in [-0.15, -0.1) is 0 Å². The first-order chi connectivity index (χ1) is 10.1. The number of aliphatic hydroxyl groups is 1. The molecule has 0 amide bonds. The quantitative estimate of drug-likeness (QED) is 0.571. The number of benzene rings is 1. The van der Waals surface area contributed by atoms with Crippen molar-refractivity contribution in [3.8, 4) is 0 Å². The van der Waals surface area contributed by atoms with E-state index < -0.39 is 12.1 Å². The molecule has 1 atom stereocenters. The van der Waals surface area contributed by atoms with E-state index in [1.165, 1.54) is 13.3 Å². The summed E-state index contributed by atoms with van der Waals surface area (Å²) in [5.41, 5.74) is 7.39. The minimum atomic E-state index is -0.700. The van der Waals surface area contributed by atoms with Gasteiger partial charge in [-0.2, -0.15) is 0 Å². The molecule has 1 aromatic carbocycles. The lowest BCUT2D eigenvalue weighted by Crippen LogP contribution is -2.13. The third kappa shape index (κ3) is 3.93. The van der Waals surface area contributed by atoms with Crippen LogP contribution >= 0.6 is 0 Å². The van der Waals surface area contributed by atoms with Crippen molar-refractivity contribution in [2.45, 2.75) is 6.10 Å². The third-order valence-corrected chi connectivity index (χ3v) is 2.98. The molecule has 1 heterocycles. The lowest BCUT2D eigenvalue weighted by Gasteiger charge is -2.13. The summed E-state index contributed by atoms with van der Waals surface area (Å²) in [4.78, 5) is 15.5. The largest absolute Gasteiger partial charge is 0.465 e. The predicted molar refractivity (Wildman–Crippen MR) is 79.9 cm³/mol. The topological polar surface area (TPSA) is 97.5 Å². The summed E-state index contributed by atoms with van der Waals surface area (Å²) in [5, 5.41) is 13.1. The number of nitrogens with two attached hydrogens (primary N) is 1. The van der Waals surface area contributed by atoms with Crippen molar-refractivity contribution in [1.82, 2.24) is 4.98 Å². The van der Waals surface area contributed by atoms with Crippen molar-refractivity contribution in [3.05, 3.63) is 53.7 Å². The van der Waals surface area contributed by atoms with Gasteiger partial charge in [0.2, 0.25) is 0 Å². The molecular weight excluding hydrogens is 270 g/mol. The molecular formula is C15H17N3O3. The molecule has 4 N–H and O–H groups in total. The number of carbonyl (C=O) groups excluding carboxylic acids is 1. The van der Waals surface area contributed by atoms with Gasteiger partial charge >= 0.3 is 5.97 Å². The first kappa shape index (κ1) is 14.8. The number of carbonyl (C=O) groups is 1. The lowest BCUT2D eigenvalue weighted by molar-refractivity contribution is 0.0600. The number of hydrogen-bond donors (Lipinski definition) is 3. The molecule has 6 heteroatoms. The standard InChI is InChI=1S/C15H17N3O3/c1-21-15(20)11-6-7-17-14(8-11)18-9-13(19)10-2-4-12(16)5-3-10/h2-8,13,19H,9,16H2,1H3,(H,17,18). The van der Waals surface area contributed by atoms with Crippen molar-refractivity contribution in [3.63, 3.8) is 0 Å². The lowest BCUT2D eigenvalue weighted by atomic mass is 10.1. The summed E-state index contributed by atoms with van der Waals surface area (Å²) in [7, 11) is 1.32. The summed E-state index contributed by atoms with van der Waals surface area (Å²) < 4.78 is 4.64. The first-order valence-corrected chi connectivity index (χ1v) is 6.42. The van der Waals surface area contributed by atoms with Crippen LogP contribution in [0.2, 0.25) is 0 Å². The van der Waals surface area contributed by atoms with E-state index in [2.05, 4.69) is 15.0 Å². The van der Waals surface area contributed by atoms with E-state index in [0.29, 0.717) is 17.1 Å². The highest BCUT2D eigenvalue weighted by atomic mass is 16.5. The summed E-state index contributed by atoms with van der Waals surface area (Å²) in [5.74, 6) is 0.0620. The number of aliphatic hydroxyl groups excluding tert-OH is 1. The van der Waals surface area contributed by atoms with Crippen LogP contribution in [-0.2, 0) is 4.74 Å². The van der Waals surface area contributed by atoms with E-state index in [0.717, 1.165) is 5.56 Å². The van der Waals surface area contributed by atoms with Gasteiger partial charge in [0.25, 0.3) is 0 Å². The minimum Gasteiger partial charge on any atom is -0.465 e. The monoisotopic (exact) mass is 287 g/mol. The number of esters is 1. The molecule has 2 rings (SSSR count). The van der Waals surface area contributed by atoms with E-state index in [1.54, 1.807) is 36.4 Å². The van der Waals surface area contributed by atoms with Crippen molar-refractivity contribution >= 4 is 17.5 Å². The Morgan fingerprint density at radius 1 is 1.38 bits per heavy atom. The molecule has 6 nitrogen and oxygen atoms in total. The molecule has 110 valence electrons. The Bertz CT molecular complexity index is 614. The van der Waals surface area contributed by atoms with E-state index in [-0.39, 0.29) is 6.54 Å². The maximum absolute atomic E-state index is 11.4. The zero-order valence-electron chi connectivity index (χ0n) is 11.6. The molecule has 1 unspecified atom stereocenters. The van der Waals surface area contributed by atoms with Crippen LogP contribution < -0.4 is 11.1 Å². The van der Waals surface area contributed by atoms with Gasteiger partial charge in [0.05, 0.1) is 18.8 Å². The highest BCUT2D eigenvalue weighted by molar-refractivity contribution is 5.89. The van der Waals surface area contributed by atoms with E-state index in [9.17, 15) is 9.90 Å². The van der Waals surface area contributed by atoms with Crippen molar-refractivity contribution in [2.75, 3.05) is 24.7 Å². The summed E-state index contributed by atoms with van der Waals surface area (Å²) in [6, 6.07) is 10.1. The predicted octanol–water partition coefficient (Wildman–Crippen LogP) is 1.60. The molecule has 0 saturated carbocycles. The number of ether oxygens (including phenoxy) is 1. The summed E-state index contributed by atoms with van der Waals surface area (Å²) in [6.45, 7) is 0.265. The molecule has 1 aromatic heterocycles. The van der Waals surface area contributed by atoms with Crippen molar-refractivity contribution in [2.24, 2.45) is 0 Å². The van der Waals surface area contributed by atoms with Gasteiger partial charge in [-0.25, -0.2) is 9.78 Å². The number of nitrogens with one attached hydrogen (secondary N) is 1. The zero-order chi connectivity index (χ0) is 15.2. The number of hydrogen-bond acceptors (Lipinski definition) is 6. The van der Waals surface area contributed by atoms with E-state index >= 15 is 0 Å². The van der Waals surface area contributed by atoms with Crippen LogP contribution in [0.15, 0.2) is 42.6 Å². The first-order valence-electron chi connectivity index (χ1n) is 6.42. The Balaban J connectivity index is 1.99. The Morgan fingerprint density at radius 2 is 2.10 bits per heavy atom. The fourth-order valence-electron chi connectivity index (χ4n) is 1.81. The van der Waals surface area contributed by atoms with Crippen molar-refractivity contribution < 1.29 is 14.6 Å². The molecule has 0 fully saturated rings. The number of pyridine rings is 1. The highest BCUT2D eigenvalue weighted by Gasteiger charge is 2.09. The molecule has 0 aliphatic rings. The number of nitrogens with zero attached hydrogens (tertiary/aromatic N) is 1. The van der Waals surface area contributed by atoms with E-state index in [4.69, 9.17) is 5.73 Å². The van der Waals surface area contributed by atoms with Gasteiger partial charge in [0.1, 0.15) is 5.82 Å². The zero-order valence-corrected chi connectivity index (χ0v) is 11.6. The molecule has 21 heavy (non-hydrogen) atoms. The summed E-state index contributed by atoms with van der Waals surface area (Å²) in [6.07, 6.45) is 0.804. The highest BCUT2D eigenvalue weighted by Crippen LogP contribution is 2.16. The molecule has 0 saturated heterocycles. The van der Waals surface area contributed by atoms with Gasteiger partial charge in [-0.1, -0.05) is 12.1 Å². The number of rotatable bonds is 5. The van der Waals surface area contributed by atoms with Gasteiger partial charge in [-0.05, 0) is 29.8 Å². The Kier molecular flexibility index (Phi) is 4.73. The molecule has 0 radical (unpaired) electrons. The Labute approximate surface area is 122 Å². The molecule has 0 spiro atoms. The number of aromatic nitrogens is 1. The third-order valence-electron chi connectivity index (χ3n) is 2.98. The second kappa shape index (κ2) is 6.71. The van der Waals surface area contributed by atoms with Crippen LogP contribution in [0.4, 0.5) is 11.5 Å². The number of anilines is 2. The van der Waals surface area contributed by atoms with Gasteiger partial charge in [-0.3, -0.25) is 0 Å². The number of methoxy groups -OCH3 is 1. The maximum Gasteiger partial charge on any atom is 0.338 e. The minimum absolute atomic E-state index is 0.265. The van der Waals surface area contributed by atoms with Gasteiger partial charge < -0.3 is 20.9 Å². The average molecular weight is 287 g/mol. The second-order valence-corrected chi connectivity index (χ2v) is 4.48. The van der Waals surface area contributed by atoms with Crippen LogP contribution in [0.25, 0.3) is 0 Å². The summed E-state index contributed by atoms with van der Waals surface area (Å²) >= 11 is 0. The normalized spacial score (nSPS) is 11.7. The smallest absolute Gasteiger partial charge is 0.338 e. The van der Waals surface area contributed by atoms with Crippen LogP contribution in [0, 0.1) is 0 Å². The van der Waals surface area contributed by atoms with Crippen LogP contribution in [-0.4, -0.2) is 29.7 Å². The SMILES string of the molecule is COC(=O)c1ccnc(NCC(O)c2ccc(N)cc2)c1. The second-order valence-electron chi connectivity index (χ2n) is 4.48. The van der Waals surface area contributed by atoms with Crippen LogP contribution in [0.3, 0.4) is 0 Å². The van der Waals surface area contributed by atoms with Gasteiger partial charge in [0.15, 0.2) is 0 Å². The van der Waals surface area contributed by atoms with Crippen molar-refractivity contribution in [1.29, 1.82) is 0 Å². The average Bonchev–Trinajstić information content (AvgIpc) is 2.52. The van der Waals surface area contributed by atoms with Gasteiger partial charge in [0, 0.05) is 18.4 Å². The molecule has 0 bridgehead atoms. The molecule has 0 aliphatic carbocycles. The van der Waals surface area contributed by atoms with Crippen LogP contribution in [0.1, 0.15) is 22.0 Å². The Morgan fingerprint density at radius 3 is 2.76 bits per heavy atom. The maximum atomic E-state index is 11.4. The Hall–Kier alpha value is -2.60. The number of nitrogen functional groups attached to an aromatic ring is 1. The molecule has 0 aliphatic heterocycles. The van der Waals surface area contributed by atoms with Crippen LogP contribution in [0.5, 0.6) is 0 Å².